The van der Waals surface area contributed by atoms with Crippen LogP contribution < -0.4 is 5.48 Å². The molecule has 1 amide bonds. The molecule has 2 aliphatic rings. The van der Waals surface area contributed by atoms with Crippen LogP contribution in [0.5, 0.6) is 0 Å². The smallest absolute Gasteiger partial charge is 0.410 e. The van der Waals surface area contributed by atoms with Crippen LogP contribution in [-0.2, 0) is 9.63 Å². The Morgan fingerprint density at radius 3 is 2.65 bits per heavy atom. The lowest BCUT2D eigenvalue weighted by molar-refractivity contribution is -0.144. The summed E-state index contributed by atoms with van der Waals surface area (Å²) in [5.41, 5.74) is 4.33. The van der Waals surface area contributed by atoms with E-state index in [1.54, 1.807) is 6.92 Å². The van der Waals surface area contributed by atoms with Crippen molar-refractivity contribution < 1.29 is 24.6 Å². The molecule has 4 atom stereocenters. The van der Waals surface area contributed by atoms with Crippen molar-refractivity contribution in [2.24, 2.45) is 5.92 Å². The van der Waals surface area contributed by atoms with E-state index in [2.05, 4.69) is 5.48 Å². The number of benzene rings is 1. The first-order chi connectivity index (χ1) is 9.52. The molecule has 3 N–H and O–H groups in total. The standard InChI is InChI=1S/C13H14N2O5/c1-6-9-7-4-2-3-5-8(7)14-20-11(9)15(13(18)19)10(6)12(16)17/h2-6,9-11,14H,1H3,(H,16,17)(H,18,19). The average molecular weight is 278 g/mol. The van der Waals surface area contributed by atoms with Crippen molar-refractivity contribution in [2.75, 3.05) is 5.48 Å². The van der Waals surface area contributed by atoms with Crippen molar-refractivity contribution in [3.05, 3.63) is 29.8 Å². The van der Waals surface area contributed by atoms with E-state index in [-0.39, 0.29) is 11.8 Å². The van der Waals surface area contributed by atoms with Crippen LogP contribution in [0.25, 0.3) is 0 Å². The molecule has 0 spiro atoms. The Kier molecular flexibility index (Phi) is 2.79. The number of nitrogens with zero attached hydrogens (tertiary/aromatic N) is 1. The highest BCUT2D eigenvalue weighted by Crippen LogP contribution is 2.47. The molecule has 3 rings (SSSR count). The molecule has 0 bridgehead atoms. The molecule has 106 valence electrons. The number of amides is 1. The van der Waals surface area contributed by atoms with Crippen LogP contribution in [-0.4, -0.2) is 39.4 Å². The molecule has 0 saturated carbocycles. The number of nitrogens with one attached hydrogen (secondary N) is 1. The predicted molar refractivity (Wildman–Crippen MR) is 68.1 cm³/mol. The topological polar surface area (TPSA) is 99.1 Å². The maximum atomic E-state index is 11.4. The summed E-state index contributed by atoms with van der Waals surface area (Å²) in [5.74, 6) is -1.84. The van der Waals surface area contributed by atoms with Gasteiger partial charge in [-0.05, 0) is 17.5 Å². The van der Waals surface area contributed by atoms with Gasteiger partial charge in [0.1, 0.15) is 6.04 Å². The summed E-state index contributed by atoms with van der Waals surface area (Å²) in [5, 5.41) is 18.6. The maximum absolute atomic E-state index is 11.4. The van der Waals surface area contributed by atoms with Gasteiger partial charge < -0.3 is 10.2 Å². The van der Waals surface area contributed by atoms with E-state index in [1.165, 1.54) is 0 Å². The largest absolute Gasteiger partial charge is 0.480 e. The number of likely N-dealkylation sites (tertiary alicyclic amines) is 1. The first kappa shape index (κ1) is 12.7. The molecule has 4 unspecified atom stereocenters. The zero-order valence-electron chi connectivity index (χ0n) is 10.7. The Bertz CT molecular complexity index is 576. The monoisotopic (exact) mass is 278 g/mol. The molecule has 7 heteroatoms. The summed E-state index contributed by atoms with van der Waals surface area (Å²) in [4.78, 5) is 29.0. The first-order valence-electron chi connectivity index (χ1n) is 6.27. The molecular weight excluding hydrogens is 264 g/mol. The minimum Gasteiger partial charge on any atom is -0.480 e. The Morgan fingerprint density at radius 1 is 1.30 bits per heavy atom. The normalized spacial score (nSPS) is 31.1. The second kappa shape index (κ2) is 4.38. The van der Waals surface area contributed by atoms with Crippen LogP contribution >= 0.6 is 0 Å². The van der Waals surface area contributed by atoms with Gasteiger partial charge in [-0.15, -0.1) is 0 Å². The van der Waals surface area contributed by atoms with Gasteiger partial charge >= 0.3 is 12.1 Å². The number of anilines is 1. The third-order valence-electron chi connectivity index (χ3n) is 4.03. The van der Waals surface area contributed by atoms with Gasteiger partial charge in [-0.2, -0.15) is 0 Å². The second-order valence-corrected chi connectivity index (χ2v) is 5.06. The zero-order valence-corrected chi connectivity index (χ0v) is 10.7. The summed E-state index contributed by atoms with van der Waals surface area (Å²) < 4.78 is 0. The van der Waals surface area contributed by atoms with Crippen molar-refractivity contribution in [3.8, 4) is 0 Å². The molecule has 1 aromatic carbocycles. The highest BCUT2D eigenvalue weighted by Gasteiger charge is 2.55. The van der Waals surface area contributed by atoms with Crippen LogP contribution in [0.15, 0.2) is 24.3 Å². The lowest BCUT2D eigenvalue weighted by Gasteiger charge is -2.32. The van der Waals surface area contributed by atoms with Crippen molar-refractivity contribution in [1.29, 1.82) is 0 Å². The number of carboxylic acids is 1. The molecule has 7 nitrogen and oxygen atoms in total. The number of rotatable bonds is 1. The molecule has 1 fully saturated rings. The lowest BCUT2D eigenvalue weighted by Crippen LogP contribution is -2.47. The first-order valence-corrected chi connectivity index (χ1v) is 6.27. The third-order valence-corrected chi connectivity index (χ3v) is 4.03. The summed E-state index contributed by atoms with van der Waals surface area (Å²) in [6, 6.07) is 6.24. The molecule has 0 aliphatic carbocycles. The molecule has 0 aromatic heterocycles. The predicted octanol–water partition coefficient (Wildman–Crippen LogP) is 1.54. The van der Waals surface area contributed by atoms with Crippen LogP contribution in [0.4, 0.5) is 10.5 Å². The summed E-state index contributed by atoms with van der Waals surface area (Å²) in [6.07, 6.45) is -2.13. The van der Waals surface area contributed by atoms with E-state index >= 15 is 0 Å². The fourth-order valence-electron chi connectivity index (χ4n) is 3.18. The summed E-state index contributed by atoms with van der Waals surface area (Å²) in [6.45, 7) is 1.74. The second-order valence-electron chi connectivity index (χ2n) is 5.06. The van der Waals surface area contributed by atoms with Crippen molar-refractivity contribution >= 4 is 17.7 Å². The molecule has 20 heavy (non-hydrogen) atoms. The van der Waals surface area contributed by atoms with E-state index in [4.69, 9.17) is 4.84 Å². The van der Waals surface area contributed by atoms with E-state index in [0.29, 0.717) is 0 Å². The minimum absolute atomic E-state index is 0.301. The molecule has 1 saturated heterocycles. The molecule has 2 aliphatic heterocycles. The van der Waals surface area contributed by atoms with E-state index < -0.39 is 24.3 Å². The Balaban J connectivity index is 2.08. The van der Waals surface area contributed by atoms with Gasteiger partial charge in [-0.25, -0.2) is 9.59 Å². The molecule has 2 heterocycles. The lowest BCUT2D eigenvalue weighted by atomic mass is 9.84. The Morgan fingerprint density at radius 2 is 2.00 bits per heavy atom. The Labute approximate surface area is 114 Å². The van der Waals surface area contributed by atoms with Crippen LogP contribution in [0.2, 0.25) is 0 Å². The SMILES string of the molecule is CC1C2c3ccccc3NOC2N(C(=O)O)C1C(=O)O. The van der Waals surface area contributed by atoms with Gasteiger partial charge in [0.25, 0.3) is 0 Å². The Hall–Kier alpha value is -2.28. The van der Waals surface area contributed by atoms with Crippen molar-refractivity contribution in [1.82, 2.24) is 4.90 Å². The molecular formula is C13H14N2O5. The molecule has 1 aromatic rings. The van der Waals surface area contributed by atoms with Crippen LogP contribution in [0.3, 0.4) is 0 Å². The minimum atomic E-state index is -1.29. The fourth-order valence-corrected chi connectivity index (χ4v) is 3.18. The number of aliphatic carboxylic acids is 1. The number of carbonyl (C=O) groups is 2. The van der Waals surface area contributed by atoms with Gasteiger partial charge in [0.2, 0.25) is 0 Å². The number of para-hydroxylation sites is 1. The quantitative estimate of drug-likeness (QED) is 0.720. The van der Waals surface area contributed by atoms with Crippen LogP contribution in [0.1, 0.15) is 18.4 Å². The number of fused-ring (bicyclic) bond motifs is 3. The van der Waals surface area contributed by atoms with E-state index in [9.17, 15) is 19.8 Å². The highest BCUT2D eigenvalue weighted by molar-refractivity contribution is 5.81. The maximum Gasteiger partial charge on any atom is 0.410 e. The van der Waals surface area contributed by atoms with E-state index in [1.807, 2.05) is 24.3 Å². The van der Waals surface area contributed by atoms with Gasteiger partial charge in [0.15, 0.2) is 6.23 Å². The number of hydrogen-bond acceptors (Lipinski definition) is 4. The van der Waals surface area contributed by atoms with Crippen molar-refractivity contribution in [3.63, 3.8) is 0 Å². The zero-order chi connectivity index (χ0) is 14.4. The molecule has 0 radical (unpaired) electrons. The van der Waals surface area contributed by atoms with E-state index in [0.717, 1.165) is 16.2 Å². The van der Waals surface area contributed by atoms with Crippen molar-refractivity contribution in [2.45, 2.75) is 25.1 Å². The summed E-state index contributed by atoms with van der Waals surface area (Å²) in [7, 11) is 0. The number of hydrogen-bond donors (Lipinski definition) is 3. The highest BCUT2D eigenvalue weighted by atomic mass is 16.7. The van der Waals surface area contributed by atoms with Crippen LogP contribution in [0, 0.1) is 5.92 Å². The van der Waals surface area contributed by atoms with Gasteiger partial charge in [0.05, 0.1) is 5.69 Å². The summed E-state index contributed by atoms with van der Waals surface area (Å²) >= 11 is 0. The average Bonchev–Trinajstić information content (AvgIpc) is 2.72. The third kappa shape index (κ3) is 1.63. The van der Waals surface area contributed by atoms with Gasteiger partial charge in [0, 0.05) is 5.92 Å². The van der Waals surface area contributed by atoms with Gasteiger partial charge in [-0.1, -0.05) is 25.1 Å². The number of carboxylic acid groups (broad SMARTS) is 2. The van der Waals surface area contributed by atoms with Gasteiger partial charge in [-0.3, -0.25) is 15.2 Å². The fraction of sp³-hybridized carbons (Fsp3) is 0.385.